The van der Waals surface area contributed by atoms with Gasteiger partial charge < -0.3 is 25.0 Å². The van der Waals surface area contributed by atoms with E-state index < -0.39 is 23.4 Å². The van der Waals surface area contributed by atoms with Gasteiger partial charge in [0.15, 0.2) is 11.5 Å². The number of ether oxygens (including phenoxy) is 2. The summed E-state index contributed by atoms with van der Waals surface area (Å²) < 4.78 is 37.7. The Labute approximate surface area is 184 Å². The predicted octanol–water partition coefficient (Wildman–Crippen LogP) is 1.74. The summed E-state index contributed by atoms with van der Waals surface area (Å²) in [5, 5.41) is 4.80. The predicted molar refractivity (Wildman–Crippen MR) is 112 cm³/mol. The van der Waals surface area contributed by atoms with E-state index in [4.69, 9.17) is 9.47 Å². The summed E-state index contributed by atoms with van der Waals surface area (Å²) in [6.07, 6.45) is 0. The minimum Gasteiger partial charge on any atom is -0.454 e. The number of piperazine rings is 1. The van der Waals surface area contributed by atoms with Gasteiger partial charge in [-0.05, 0) is 36.9 Å². The number of halogens is 2. The highest BCUT2D eigenvalue weighted by Crippen LogP contribution is 2.35. The molecule has 2 amide bonds. The van der Waals surface area contributed by atoms with Crippen LogP contribution in [0.15, 0.2) is 36.4 Å². The van der Waals surface area contributed by atoms with Crippen LogP contribution in [0.25, 0.3) is 0 Å². The average molecular weight is 446 g/mol. The Kier molecular flexibility index (Phi) is 6.52. The standard InChI is InChI=1S/C22H24F2N4O4/c1-27-6-8-28(9-7-27)18(14-2-5-19-20(10-14)32-13-31-19)12-25-21(29)22(30)26-17-4-3-15(23)11-16(17)24/h2-5,10-11,18H,6-9,12-13H2,1H3,(H,25,29)(H,26,30). The fraction of sp³-hybridized carbons (Fsp3) is 0.364. The molecular formula is C22H24F2N4O4. The molecule has 2 aromatic rings. The summed E-state index contributed by atoms with van der Waals surface area (Å²) >= 11 is 0. The molecule has 2 aliphatic heterocycles. The van der Waals surface area contributed by atoms with Crippen molar-refractivity contribution in [2.75, 3.05) is 51.9 Å². The fourth-order valence-electron chi connectivity index (χ4n) is 3.75. The topological polar surface area (TPSA) is 83.1 Å². The highest BCUT2D eigenvalue weighted by molar-refractivity contribution is 6.39. The zero-order valence-corrected chi connectivity index (χ0v) is 17.6. The van der Waals surface area contributed by atoms with E-state index in [1.165, 1.54) is 0 Å². The molecular weight excluding hydrogens is 422 g/mol. The molecule has 0 aromatic heterocycles. The van der Waals surface area contributed by atoms with E-state index in [1.54, 1.807) is 0 Å². The number of likely N-dealkylation sites (N-methyl/N-ethyl adjacent to an activating group) is 1. The molecule has 170 valence electrons. The Morgan fingerprint density at radius 1 is 1.00 bits per heavy atom. The van der Waals surface area contributed by atoms with Crippen LogP contribution in [-0.4, -0.2) is 68.2 Å². The van der Waals surface area contributed by atoms with Gasteiger partial charge in [0.2, 0.25) is 6.79 Å². The molecule has 2 N–H and O–H groups in total. The lowest BCUT2D eigenvalue weighted by molar-refractivity contribution is -0.136. The molecule has 2 heterocycles. The third-order valence-corrected chi connectivity index (χ3v) is 5.60. The molecule has 1 atom stereocenters. The third kappa shape index (κ3) is 4.97. The second kappa shape index (κ2) is 9.49. The maximum atomic E-state index is 13.8. The van der Waals surface area contributed by atoms with Crippen LogP contribution in [0.3, 0.4) is 0 Å². The zero-order chi connectivity index (χ0) is 22.7. The molecule has 0 spiro atoms. The van der Waals surface area contributed by atoms with Crippen LogP contribution >= 0.6 is 0 Å². The maximum Gasteiger partial charge on any atom is 0.313 e. The van der Waals surface area contributed by atoms with Crippen LogP contribution in [0.5, 0.6) is 11.5 Å². The van der Waals surface area contributed by atoms with Crippen LogP contribution in [-0.2, 0) is 9.59 Å². The smallest absolute Gasteiger partial charge is 0.313 e. The quantitative estimate of drug-likeness (QED) is 0.681. The number of amides is 2. The molecule has 8 nitrogen and oxygen atoms in total. The Hall–Kier alpha value is -3.24. The zero-order valence-electron chi connectivity index (χ0n) is 17.6. The number of carbonyl (C=O) groups excluding carboxylic acids is 2. The molecule has 2 aliphatic rings. The molecule has 32 heavy (non-hydrogen) atoms. The van der Waals surface area contributed by atoms with E-state index in [0.29, 0.717) is 17.6 Å². The summed E-state index contributed by atoms with van der Waals surface area (Å²) in [6, 6.07) is 8.12. The molecule has 1 unspecified atom stereocenters. The molecule has 1 fully saturated rings. The average Bonchev–Trinajstić information content (AvgIpc) is 3.25. The monoisotopic (exact) mass is 446 g/mol. The van der Waals surface area contributed by atoms with Gasteiger partial charge >= 0.3 is 11.8 Å². The molecule has 0 saturated carbocycles. The molecule has 1 saturated heterocycles. The first-order chi connectivity index (χ1) is 15.4. The van der Waals surface area contributed by atoms with Gasteiger partial charge in [0.05, 0.1) is 11.7 Å². The van der Waals surface area contributed by atoms with E-state index in [9.17, 15) is 18.4 Å². The van der Waals surface area contributed by atoms with Crippen molar-refractivity contribution in [1.29, 1.82) is 0 Å². The number of rotatable bonds is 5. The highest BCUT2D eigenvalue weighted by Gasteiger charge is 2.27. The number of hydrogen-bond donors (Lipinski definition) is 2. The third-order valence-electron chi connectivity index (χ3n) is 5.60. The van der Waals surface area contributed by atoms with Gasteiger partial charge in [0.1, 0.15) is 11.6 Å². The van der Waals surface area contributed by atoms with Crippen molar-refractivity contribution in [3.63, 3.8) is 0 Å². The summed E-state index contributed by atoms with van der Waals surface area (Å²) in [5.74, 6) is -2.37. The highest BCUT2D eigenvalue weighted by atomic mass is 19.1. The van der Waals surface area contributed by atoms with Crippen molar-refractivity contribution in [2.24, 2.45) is 0 Å². The molecule has 10 heteroatoms. The SMILES string of the molecule is CN1CCN(C(CNC(=O)C(=O)Nc2ccc(F)cc2F)c2ccc3c(c2)OCO3)CC1. The summed E-state index contributed by atoms with van der Waals surface area (Å²) in [7, 11) is 2.05. The lowest BCUT2D eigenvalue weighted by Crippen LogP contribution is -2.49. The van der Waals surface area contributed by atoms with Crippen molar-refractivity contribution < 1.29 is 27.8 Å². The van der Waals surface area contributed by atoms with Crippen LogP contribution in [0.4, 0.5) is 14.5 Å². The van der Waals surface area contributed by atoms with Gasteiger partial charge in [-0.2, -0.15) is 0 Å². The maximum absolute atomic E-state index is 13.8. The molecule has 0 radical (unpaired) electrons. The molecule has 4 rings (SSSR count). The molecule has 0 aliphatic carbocycles. The Morgan fingerprint density at radius 3 is 2.50 bits per heavy atom. The van der Waals surface area contributed by atoms with Crippen LogP contribution in [0, 0.1) is 11.6 Å². The Bertz CT molecular complexity index is 1010. The van der Waals surface area contributed by atoms with Crippen molar-refractivity contribution >= 4 is 17.5 Å². The minimum atomic E-state index is -1.03. The first kappa shape index (κ1) is 22.0. The Morgan fingerprint density at radius 2 is 1.75 bits per heavy atom. The van der Waals surface area contributed by atoms with E-state index in [2.05, 4.69) is 20.4 Å². The van der Waals surface area contributed by atoms with Gasteiger partial charge in [-0.3, -0.25) is 14.5 Å². The number of nitrogens with one attached hydrogen (secondary N) is 2. The van der Waals surface area contributed by atoms with Crippen LogP contribution < -0.4 is 20.1 Å². The number of fused-ring (bicyclic) bond motifs is 1. The summed E-state index contributed by atoms with van der Waals surface area (Å²) in [5.41, 5.74) is 0.655. The minimum absolute atomic E-state index is 0.162. The van der Waals surface area contributed by atoms with Gasteiger partial charge in [-0.15, -0.1) is 0 Å². The van der Waals surface area contributed by atoms with Crippen molar-refractivity contribution in [3.8, 4) is 11.5 Å². The largest absolute Gasteiger partial charge is 0.454 e. The molecule has 0 bridgehead atoms. The van der Waals surface area contributed by atoms with E-state index >= 15 is 0 Å². The van der Waals surface area contributed by atoms with Crippen molar-refractivity contribution in [2.45, 2.75) is 6.04 Å². The number of carbonyl (C=O) groups is 2. The summed E-state index contributed by atoms with van der Waals surface area (Å²) in [6.45, 7) is 3.66. The van der Waals surface area contributed by atoms with Gasteiger partial charge in [0.25, 0.3) is 0 Å². The van der Waals surface area contributed by atoms with Crippen molar-refractivity contribution in [3.05, 3.63) is 53.6 Å². The summed E-state index contributed by atoms with van der Waals surface area (Å²) in [4.78, 5) is 29.1. The lowest BCUT2D eigenvalue weighted by atomic mass is 10.0. The first-order valence-corrected chi connectivity index (χ1v) is 10.3. The van der Waals surface area contributed by atoms with E-state index in [0.717, 1.165) is 43.9 Å². The number of nitrogens with zero attached hydrogens (tertiary/aromatic N) is 2. The molecule has 2 aromatic carbocycles. The van der Waals surface area contributed by atoms with E-state index in [-0.39, 0.29) is 25.1 Å². The second-order valence-electron chi connectivity index (χ2n) is 7.76. The Balaban J connectivity index is 1.44. The fourth-order valence-corrected chi connectivity index (χ4v) is 3.75. The number of benzene rings is 2. The number of hydrogen-bond acceptors (Lipinski definition) is 6. The normalized spacial score (nSPS) is 17.1. The van der Waals surface area contributed by atoms with Crippen molar-refractivity contribution in [1.82, 2.24) is 15.1 Å². The van der Waals surface area contributed by atoms with Gasteiger partial charge in [-0.25, -0.2) is 8.78 Å². The second-order valence-corrected chi connectivity index (χ2v) is 7.76. The lowest BCUT2D eigenvalue weighted by Gasteiger charge is -2.38. The van der Waals surface area contributed by atoms with Gasteiger partial charge in [-0.1, -0.05) is 6.07 Å². The number of anilines is 1. The van der Waals surface area contributed by atoms with Gasteiger partial charge in [0, 0.05) is 38.8 Å². The first-order valence-electron chi connectivity index (χ1n) is 10.3. The van der Waals surface area contributed by atoms with Crippen LogP contribution in [0.1, 0.15) is 11.6 Å². The van der Waals surface area contributed by atoms with E-state index in [1.807, 2.05) is 25.2 Å². The van der Waals surface area contributed by atoms with Crippen LogP contribution in [0.2, 0.25) is 0 Å².